The molecule has 22 heavy (non-hydrogen) atoms. The fourth-order valence-corrected chi connectivity index (χ4v) is 4.39. The molecule has 1 unspecified atom stereocenters. The standard InChI is InChI=1S/C14H18FN3O3S/c15-11-5-4-10(17-14(19)12-3-1-6-16-12)9-13(11)18-7-2-8-22(18,20)21/h4-5,9,12,16H,1-3,6-8H2,(H,17,19). The Kier molecular flexibility index (Phi) is 4.05. The molecule has 1 amide bonds. The Morgan fingerprint density at radius 1 is 1.36 bits per heavy atom. The summed E-state index contributed by atoms with van der Waals surface area (Å²) in [6.07, 6.45) is 2.18. The van der Waals surface area contributed by atoms with Gasteiger partial charge in [-0.25, -0.2) is 12.8 Å². The first-order valence-corrected chi connectivity index (χ1v) is 8.92. The zero-order valence-corrected chi connectivity index (χ0v) is 12.8. The second-order valence-corrected chi connectivity index (χ2v) is 7.56. The van der Waals surface area contributed by atoms with Crippen molar-refractivity contribution in [2.24, 2.45) is 0 Å². The first-order chi connectivity index (χ1) is 10.5. The second kappa shape index (κ2) is 5.85. The van der Waals surface area contributed by atoms with E-state index in [9.17, 15) is 17.6 Å². The van der Waals surface area contributed by atoms with E-state index in [4.69, 9.17) is 0 Å². The molecule has 0 bridgehead atoms. The van der Waals surface area contributed by atoms with Gasteiger partial charge in [0.1, 0.15) is 5.82 Å². The van der Waals surface area contributed by atoms with Crippen molar-refractivity contribution in [3.05, 3.63) is 24.0 Å². The Morgan fingerprint density at radius 3 is 2.82 bits per heavy atom. The SMILES string of the molecule is O=C(Nc1ccc(F)c(N2CCCS2(=O)=O)c1)C1CCCN1. The van der Waals surface area contributed by atoms with Crippen LogP contribution in [-0.2, 0) is 14.8 Å². The molecule has 2 saturated heterocycles. The maximum absolute atomic E-state index is 14.0. The van der Waals surface area contributed by atoms with Crippen LogP contribution in [0.3, 0.4) is 0 Å². The summed E-state index contributed by atoms with van der Waals surface area (Å²) in [5.41, 5.74) is 0.395. The van der Waals surface area contributed by atoms with Crippen LogP contribution in [0, 0.1) is 5.82 Å². The smallest absolute Gasteiger partial charge is 0.241 e. The number of nitrogens with one attached hydrogen (secondary N) is 2. The van der Waals surface area contributed by atoms with Crippen molar-refractivity contribution in [2.75, 3.05) is 28.5 Å². The lowest BCUT2D eigenvalue weighted by Gasteiger charge is -2.19. The minimum absolute atomic E-state index is 0.00492. The molecule has 2 aliphatic rings. The molecule has 8 heteroatoms. The van der Waals surface area contributed by atoms with Gasteiger partial charge in [-0.1, -0.05) is 0 Å². The minimum Gasteiger partial charge on any atom is -0.325 e. The zero-order chi connectivity index (χ0) is 15.7. The molecule has 0 saturated carbocycles. The predicted molar refractivity (Wildman–Crippen MR) is 81.8 cm³/mol. The largest absolute Gasteiger partial charge is 0.325 e. The average Bonchev–Trinajstić information content (AvgIpc) is 3.10. The summed E-state index contributed by atoms with van der Waals surface area (Å²) >= 11 is 0. The van der Waals surface area contributed by atoms with E-state index >= 15 is 0 Å². The van der Waals surface area contributed by atoms with Crippen LogP contribution in [0.2, 0.25) is 0 Å². The van der Waals surface area contributed by atoms with E-state index in [-0.39, 0.29) is 29.9 Å². The van der Waals surface area contributed by atoms with Crippen molar-refractivity contribution in [1.82, 2.24) is 5.32 Å². The lowest BCUT2D eigenvalue weighted by Crippen LogP contribution is -2.35. The highest BCUT2D eigenvalue weighted by atomic mass is 32.2. The van der Waals surface area contributed by atoms with Crippen LogP contribution in [0.25, 0.3) is 0 Å². The van der Waals surface area contributed by atoms with E-state index in [0.29, 0.717) is 12.1 Å². The van der Waals surface area contributed by atoms with Crippen LogP contribution in [0.5, 0.6) is 0 Å². The van der Waals surface area contributed by atoms with E-state index in [1.54, 1.807) is 0 Å². The summed E-state index contributed by atoms with van der Waals surface area (Å²) in [5.74, 6) is -0.767. The molecular weight excluding hydrogens is 309 g/mol. The highest BCUT2D eigenvalue weighted by Gasteiger charge is 2.30. The van der Waals surface area contributed by atoms with Gasteiger partial charge in [0.25, 0.3) is 0 Å². The third-order valence-electron chi connectivity index (χ3n) is 3.96. The lowest BCUT2D eigenvalue weighted by molar-refractivity contribution is -0.117. The van der Waals surface area contributed by atoms with Crippen molar-refractivity contribution >= 4 is 27.3 Å². The molecule has 0 aromatic heterocycles. The molecule has 1 atom stereocenters. The fourth-order valence-electron chi connectivity index (χ4n) is 2.83. The van der Waals surface area contributed by atoms with Gasteiger partial charge in [0.15, 0.2) is 0 Å². The summed E-state index contributed by atoms with van der Waals surface area (Å²) in [7, 11) is -3.46. The molecule has 1 aromatic carbocycles. The predicted octanol–water partition coefficient (Wildman–Crippen LogP) is 1.06. The van der Waals surface area contributed by atoms with E-state index < -0.39 is 15.8 Å². The average molecular weight is 327 g/mol. The molecule has 6 nitrogen and oxygen atoms in total. The Morgan fingerprint density at radius 2 is 2.18 bits per heavy atom. The van der Waals surface area contributed by atoms with E-state index in [0.717, 1.165) is 23.7 Å². The number of carbonyl (C=O) groups is 1. The van der Waals surface area contributed by atoms with Crippen LogP contribution in [0.1, 0.15) is 19.3 Å². The summed E-state index contributed by atoms with van der Waals surface area (Å²) in [6.45, 7) is 1.07. The van der Waals surface area contributed by atoms with Gasteiger partial charge in [-0.2, -0.15) is 0 Å². The van der Waals surface area contributed by atoms with Gasteiger partial charge >= 0.3 is 0 Å². The monoisotopic (exact) mass is 327 g/mol. The molecule has 2 fully saturated rings. The summed E-state index contributed by atoms with van der Waals surface area (Å²) in [6, 6.07) is 3.75. The van der Waals surface area contributed by atoms with Gasteiger partial charge in [0, 0.05) is 12.2 Å². The Bertz CT molecular complexity index is 687. The number of hydrogen-bond donors (Lipinski definition) is 2. The van der Waals surface area contributed by atoms with Crippen molar-refractivity contribution in [3.8, 4) is 0 Å². The van der Waals surface area contributed by atoms with Crippen molar-refractivity contribution in [2.45, 2.75) is 25.3 Å². The molecule has 1 aromatic rings. The number of anilines is 2. The topological polar surface area (TPSA) is 78.5 Å². The molecule has 120 valence electrons. The maximum Gasteiger partial charge on any atom is 0.241 e. The van der Waals surface area contributed by atoms with Gasteiger partial charge in [0.05, 0.1) is 17.5 Å². The summed E-state index contributed by atoms with van der Waals surface area (Å²) in [5, 5.41) is 5.79. The molecule has 2 aliphatic heterocycles. The molecule has 0 spiro atoms. The van der Waals surface area contributed by atoms with Crippen molar-refractivity contribution in [3.63, 3.8) is 0 Å². The fraction of sp³-hybridized carbons (Fsp3) is 0.500. The molecule has 3 rings (SSSR count). The van der Waals surface area contributed by atoms with Crippen LogP contribution in [0.4, 0.5) is 15.8 Å². The number of nitrogens with zero attached hydrogens (tertiary/aromatic N) is 1. The first kappa shape index (κ1) is 15.2. The number of hydrogen-bond acceptors (Lipinski definition) is 4. The molecule has 0 radical (unpaired) electrons. The van der Waals surface area contributed by atoms with Crippen LogP contribution < -0.4 is 14.9 Å². The molecule has 2 heterocycles. The number of sulfonamides is 1. The minimum atomic E-state index is -3.46. The Labute approximate surface area is 128 Å². The third kappa shape index (κ3) is 2.93. The van der Waals surface area contributed by atoms with Crippen LogP contribution in [-0.4, -0.2) is 39.2 Å². The van der Waals surface area contributed by atoms with E-state index in [2.05, 4.69) is 10.6 Å². The number of benzene rings is 1. The third-order valence-corrected chi connectivity index (χ3v) is 5.81. The van der Waals surface area contributed by atoms with E-state index in [1.807, 2.05) is 0 Å². The van der Waals surface area contributed by atoms with Crippen molar-refractivity contribution < 1.29 is 17.6 Å². The number of halogens is 1. The normalized spacial score (nSPS) is 23.7. The van der Waals surface area contributed by atoms with E-state index in [1.165, 1.54) is 18.2 Å². The Balaban J connectivity index is 1.82. The summed E-state index contributed by atoms with van der Waals surface area (Å²) in [4.78, 5) is 12.1. The van der Waals surface area contributed by atoms with Gasteiger partial charge in [-0.15, -0.1) is 0 Å². The molecular formula is C14H18FN3O3S. The number of amides is 1. The highest BCUT2D eigenvalue weighted by Crippen LogP contribution is 2.29. The van der Waals surface area contributed by atoms with Crippen molar-refractivity contribution in [1.29, 1.82) is 0 Å². The van der Waals surface area contributed by atoms with Gasteiger partial charge in [0.2, 0.25) is 15.9 Å². The number of carbonyl (C=O) groups excluding carboxylic acids is 1. The van der Waals surface area contributed by atoms with Gasteiger partial charge in [-0.3, -0.25) is 9.10 Å². The first-order valence-electron chi connectivity index (χ1n) is 7.31. The maximum atomic E-state index is 14.0. The molecule has 0 aliphatic carbocycles. The quantitative estimate of drug-likeness (QED) is 0.870. The molecule has 2 N–H and O–H groups in total. The Hall–Kier alpha value is -1.67. The highest BCUT2D eigenvalue weighted by molar-refractivity contribution is 7.93. The van der Waals surface area contributed by atoms with Gasteiger partial charge < -0.3 is 10.6 Å². The lowest BCUT2D eigenvalue weighted by atomic mass is 10.2. The number of rotatable bonds is 3. The van der Waals surface area contributed by atoms with Crippen LogP contribution in [0.15, 0.2) is 18.2 Å². The zero-order valence-electron chi connectivity index (χ0n) is 12.0. The second-order valence-electron chi connectivity index (χ2n) is 5.55. The van der Waals surface area contributed by atoms with Crippen LogP contribution >= 0.6 is 0 Å². The van der Waals surface area contributed by atoms with Gasteiger partial charge in [-0.05, 0) is 44.0 Å². The summed E-state index contributed by atoms with van der Waals surface area (Å²) < 4.78 is 38.9.